The van der Waals surface area contributed by atoms with Gasteiger partial charge in [0, 0.05) is 0 Å². The van der Waals surface area contributed by atoms with Crippen LogP contribution in [0.3, 0.4) is 0 Å². The van der Waals surface area contributed by atoms with Crippen molar-refractivity contribution in [2.24, 2.45) is 0 Å². The third-order valence-corrected chi connectivity index (χ3v) is 3.30. The molecule has 3 nitrogen and oxygen atoms in total. The summed E-state index contributed by atoms with van der Waals surface area (Å²) < 4.78 is 10.8. The number of ether oxygens (including phenoxy) is 2. The molecule has 1 fully saturated rings. The maximum absolute atomic E-state index is 11.7. The van der Waals surface area contributed by atoms with Gasteiger partial charge in [-0.3, -0.25) is 0 Å². The smallest absolute Gasteiger partial charge is 0.344 e. The van der Waals surface area contributed by atoms with E-state index in [4.69, 9.17) is 9.47 Å². The molecule has 0 atom stereocenters. The van der Waals surface area contributed by atoms with Crippen LogP contribution < -0.4 is 4.74 Å². The number of carbonyl (C=O) groups is 1. The van der Waals surface area contributed by atoms with Gasteiger partial charge in [0.2, 0.25) is 0 Å². The average molecular weight is 260 g/mol. The van der Waals surface area contributed by atoms with Gasteiger partial charge in [-0.25, -0.2) is 4.79 Å². The highest BCUT2D eigenvalue weighted by molar-refractivity contribution is 5.71. The largest absolute Gasteiger partial charge is 0.482 e. The molecule has 0 spiro atoms. The van der Waals surface area contributed by atoms with Crippen LogP contribution in [-0.4, -0.2) is 18.7 Å². The second-order valence-corrected chi connectivity index (χ2v) is 4.82. The van der Waals surface area contributed by atoms with Crippen molar-refractivity contribution in [1.29, 1.82) is 0 Å². The second kappa shape index (κ2) is 6.98. The standard InChI is InChI=1S/C16H20O3/c1-2-13-7-6-10-15(11-13)18-12-16(17)19-14-8-4-3-5-9-14/h2,6-7,10-11,14H,1,3-5,8-9,12H2. The van der Waals surface area contributed by atoms with E-state index in [2.05, 4.69) is 6.58 Å². The van der Waals surface area contributed by atoms with E-state index in [9.17, 15) is 4.79 Å². The number of rotatable bonds is 5. The van der Waals surface area contributed by atoms with Crippen molar-refractivity contribution in [2.75, 3.05) is 6.61 Å². The molecule has 1 aliphatic rings. The van der Waals surface area contributed by atoms with E-state index in [1.54, 1.807) is 6.08 Å². The summed E-state index contributed by atoms with van der Waals surface area (Å²) in [4.78, 5) is 11.7. The molecule has 0 N–H and O–H groups in total. The van der Waals surface area contributed by atoms with Gasteiger partial charge in [0.25, 0.3) is 0 Å². The molecule has 102 valence electrons. The molecule has 3 heteroatoms. The molecule has 0 saturated heterocycles. The van der Waals surface area contributed by atoms with Gasteiger partial charge >= 0.3 is 5.97 Å². The molecule has 1 saturated carbocycles. The van der Waals surface area contributed by atoms with E-state index in [1.807, 2.05) is 24.3 Å². The minimum Gasteiger partial charge on any atom is -0.482 e. The summed E-state index contributed by atoms with van der Waals surface area (Å²) in [6, 6.07) is 7.47. The summed E-state index contributed by atoms with van der Waals surface area (Å²) in [6.07, 6.45) is 7.35. The van der Waals surface area contributed by atoms with Gasteiger partial charge in [-0.15, -0.1) is 0 Å². The molecule has 0 aromatic heterocycles. The lowest BCUT2D eigenvalue weighted by molar-refractivity contribution is -0.152. The van der Waals surface area contributed by atoms with Crippen molar-refractivity contribution in [2.45, 2.75) is 38.2 Å². The molecule has 2 rings (SSSR count). The van der Waals surface area contributed by atoms with Crippen molar-refractivity contribution in [1.82, 2.24) is 0 Å². The van der Waals surface area contributed by atoms with E-state index in [0.29, 0.717) is 5.75 Å². The summed E-state index contributed by atoms with van der Waals surface area (Å²) in [5, 5.41) is 0. The minimum absolute atomic E-state index is 0.0307. The third-order valence-electron chi connectivity index (χ3n) is 3.30. The van der Waals surface area contributed by atoms with Crippen molar-refractivity contribution >= 4 is 12.0 Å². The van der Waals surface area contributed by atoms with Gasteiger partial charge in [-0.05, 0) is 43.4 Å². The molecule has 0 bridgehead atoms. The number of benzene rings is 1. The minimum atomic E-state index is -0.282. The van der Waals surface area contributed by atoms with Crippen molar-refractivity contribution in [3.63, 3.8) is 0 Å². The summed E-state index contributed by atoms with van der Waals surface area (Å²) in [6.45, 7) is 3.67. The number of esters is 1. The first kappa shape index (κ1) is 13.7. The zero-order chi connectivity index (χ0) is 13.5. The van der Waals surface area contributed by atoms with Crippen LogP contribution in [0.15, 0.2) is 30.8 Å². The zero-order valence-electron chi connectivity index (χ0n) is 11.1. The van der Waals surface area contributed by atoms with Gasteiger partial charge in [0.05, 0.1) is 0 Å². The van der Waals surface area contributed by atoms with E-state index >= 15 is 0 Å². The Morgan fingerprint density at radius 3 is 2.84 bits per heavy atom. The normalized spacial score (nSPS) is 15.8. The molecule has 1 aliphatic carbocycles. The molecular formula is C16H20O3. The van der Waals surface area contributed by atoms with Crippen LogP contribution in [0, 0.1) is 0 Å². The molecule has 1 aromatic rings. The van der Waals surface area contributed by atoms with Crippen LogP contribution >= 0.6 is 0 Å². The fourth-order valence-corrected chi connectivity index (χ4v) is 2.28. The highest BCUT2D eigenvalue weighted by Gasteiger charge is 2.17. The van der Waals surface area contributed by atoms with E-state index in [0.717, 1.165) is 31.2 Å². The molecule has 1 aromatic carbocycles. The SMILES string of the molecule is C=Cc1cccc(OCC(=O)OC2CCCCC2)c1. The zero-order valence-corrected chi connectivity index (χ0v) is 11.1. The maximum atomic E-state index is 11.7. The van der Waals surface area contributed by atoms with Gasteiger partial charge in [-0.1, -0.05) is 31.2 Å². The number of hydrogen-bond acceptors (Lipinski definition) is 3. The Morgan fingerprint density at radius 1 is 1.32 bits per heavy atom. The number of carbonyl (C=O) groups excluding carboxylic acids is 1. The molecular weight excluding hydrogens is 240 g/mol. The topological polar surface area (TPSA) is 35.5 Å². The fraction of sp³-hybridized carbons (Fsp3) is 0.438. The van der Waals surface area contributed by atoms with Crippen molar-refractivity contribution in [3.8, 4) is 5.75 Å². The Balaban J connectivity index is 1.77. The van der Waals surface area contributed by atoms with Crippen LogP contribution in [0.1, 0.15) is 37.7 Å². The van der Waals surface area contributed by atoms with Crippen LogP contribution in [0.4, 0.5) is 0 Å². The molecule has 0 aliphatic heterocycles. The lowest BCUT2D eigenvalue weighted by atomic mass is 9.98. The monoisotopic (exact) mass is 260 g/mol. The van der Waals surface area contributed by atoms with Gasteiger partial charge in [0.15, 0.2) is 6.61 Å². The van der Waals surface area contributed by atoms with Gasteiger partial charge in [0.1, 0.15) is 11.9 Å². The van der Waals surface area contributed by atoms with Crippen molar-refractivity contribution in [3.05, 3.63) is 36.4 Å². The summed E-state index contributed by atoms with van der Waals surface area (Å²) in [7, 11) is 0. The molecule has 0 radical (unpaired) electrons. The van der Waals surface area contributed by atoms with Crippen LogP contribution in [0.5, 0.6) is 5.75 Å². The fourth-order valence-electron chi connectivity index (χ4n) is 2.28. The number of hydrogen-bond donors (Lipinski definition) is 0. The Morgan fingerprint density at radius 2 is 2.11 bits per heavy atom. The average Bonchev–Trinajstić information content (AvgIpc) is 2.46. The Kier molecular flexibility index (Phi) is 5.01. The summed E-state index contributed by atoms with van der Waals surface area (Å²) >= 11 is 0. The van der Waals surface area contributed by atoms with Crippen LogP contribution in [-0.2, 0) is 9.53 Å². The third kappa shape index (κ3) is 4.43. The van der Waals surface area contributed by atoms with Crippen molar-refractivity contribution < 1.29 is 14.3 Å². The van der Waals surface area contributed by atoms with E-state index in [1.165, 1.54) is 6.42 Å². The lowest BCUT2D eigenvalue weighted by Gasteiger charge is -2.21. The molecule has 0 heterocycles. The van der Waals surface area contributed by atoms with E-state index in [-0.39, 0.29) is 18.7 Å². The second-order valence-electron chi connectivity index (χ2n) is 4.82. The Hall–Kier alpha value is -1.77. The van der Waals surface area contributed by atoms with E-state index < -0.39 is 0 Å². The van der Waals surface area contributed by atoms with Crippen LogP contribution in [0.2, 0.25) is 0 Å². The predicted octanol–water partition coefficient (Wildman–Crippen LogP) is 3.58. The maximum Gasteiger partial charge on any atom is 0.344 e. The molecule has 0 amide bonds. The Bertz CT molecular complexity index is 433. The molecule has 0 unspecified atom stereocenters. The van der Waals surface area contributed by atoms with Crippen LogP contribution in [0.25, 0.3) is 6.08 Å². The first-order valence-corrected chi connectivity index (χ1v) is 6.83. The highest BCUT2D eigenvalue weighted by atomic mass is 16.6. The lowest BCUT2D eigenvalue weighted by Crippen LogP contribution is -2.24. The first-order valence-electron chi connectivity index (χ1n) is 6.83. The predicted molar refractivity (Wildman–Crippen MR) is 75.0 cm³/mol. The molecule has 19 heavy (non-hydrogen) atoms. The Labute approximate surface area is 114 Å². The van der Waals surface area contributed by atoms with Gasteiger partial charge in [-0.2, -0.15) is 0 Å². The quantitative estimate of drug-likeness (QED) is 0.759. The summed E-state index contributed by atoms with van der Waals surface area (Å²) in [5.74, 6) is 0.383. The highest BCUT2D eigenvalue weighted by Crippen LogP contribution is 2.20. The first-order chi connectivity index (χ1) is 9.28. The summed E-state index contributed by atoms with van der Waals surface area (Å²) in [5.41, 5.74) is 0.971. The van der Waals surface area contributed by atoms with Gasteiger partial charge < -0.3 is 9.47 Å².